The molecule has 76 valence electrons. The Morgan fingerprint density at radius 3 is 2.93 bits per heavy atom. The lowest BCUT2D eigenvalue weighted by molar-refractivity contribution is 1.15. The molecule has 2 rings (SSSR count). The zero-order valence-corrected chi connectivity index (χ0v) is 8.70. The van der Waals surface area contributed by atoms with E-state index >= 15 is 0 Å². The molecular formula is C12H13N3. The highest BCUT2D eigenvalue weighted by Gasteiger charge is 2.00. The Morgan fingerprint density at radius 1 is 1.33 bits per heavy atom. The van der Waals surface area contributed by atoms with Crippen molar-refractivity contribution in [3.05, 3.63) is 42.7 Å². The van der Waals surface area contributed by atoms with Gasteiger partial charge in [-0.1, -0.05) is 24.3 Å². The van der Waals surface area contributed by atoms with Gasteiger partial charge in [-0.25, -0.2) is 9.97 Å². The molecule has 0 radical (unpaired) electrons. The van der Waals surface area contributed by atoms with Crippen LogP contribution in [0.15, 0.2) is 42.7 Å². The van der Waals surface area contributed by atoms with E-state index in [1.165, 1.54) is 0 Å². The van der Waals surface area contributed by atoms with Gasteiger partial charge in [-0.2, -0.15) is 0 Å². The molecular weight excluding hydrogens is 186 g/mol. The Morgan fingerprint density at radius 2 is 2.13 bits per heavy atom. The number of nitrogens with one attached hydrogen (secondary N) is 1. The molecule has 0 unspecified atom stereocenters. The molecule has 0 aliphatic carbocycles. The molecule has 0 atom stereocenters. The maximum Gasteiger partial charge on any atom is 0.137 e. The number of benzene rings is 1. The third-order valence-electron chi connectivity index (χ3n) is 2.10. The van der Waals surface area contributed by atoms with E-state index in [0.29, 0.717) is 0 Å². The SMILES string of the molecule is C=C(C)CNc1ncnc2ccccc12. The zero-order chi connectivity index (χ0) is 10.7. The van der Waals surface area contributed by atoms with Crippen molar-refractivity contribution < 1.29 is 0 Å². The molecule has 2 aromatic rings. The third-order valence-corrected chi connectivity index (χ3v) is 2.10. The first-order valence-corrected chi connectivity index (χ1v) is 4.85. The van der Waals surface area contributed by atoms with Gasteiger partial charge in [0, 0.05) is 11.9 Å². The van der Waals surface area contributed by atoms with Gasteiger partial charge in [0.15, 0.2) is 0 Å². The molecule has 0 aliphatic heterocycles. The van der Waals surface area contributed by atoms with E-state index in [1.807, 2.05) is 31.2 Å². The Hall–Kier alpha value is -1.90. The molecule has 1 aromatic heterocycles. The highest BCUT2D eigenvalue weighted by atomic mass is 15.0. The van der Waals surface area contributed by atoms with Crippen LogP contribution in [-0.2, 0) is 0 Å². The number of hydrogen-bond acceptors (Lipinski definition) is 3. The van der Waals surface area contributed by atoms with Gasteiger partial charge in [0.25, 0.3) is 0 Å². The highest BCUT2D eigenvalue weighted by Crippen LogP contribution is 2.18. The lowest BCUT2D eigenvalue weighted by Crippen LogP contribution is -2.04. The van der Waals surface area contributed by atoms with Gasteiger partial charge >= 0.3 is 0 Å². The Balaban J connectivity index is 2.38. The van der Waals surface area contributed by atoms with Gasteiger partial charge in [-0.3, -0.25) is 0 Å². The van der Waals surface area contributed by atoms with E-state index in [2.05, 4.69) is 21.9 Å². The number of anilines is 1. The van der Waals surface area contributed by atoms with Crippen molar-refractivity contribution in [2.24, 2.45) is 0 Å². The fraction of sp³-hybridized carbons (Fsp3) is 0.167. The van der Waals surface area contributed by atoms with Crippen molar-refractivity contribution >= 4 is 16.7 Å². The van der Waals surface area contributed by atoms with E-state index in [9.17, 15) is 0 Å². The van der Waals surface area contributed by atoms with Crippen LogP contribution >= 0.6 is 0 Å². The van der Waals surface area contributed by atoms with Crippen molar-refractivity contribution in [3.8, 4) is 0 Å². The van der Waals surface area contributed by atoms with Gasteiger partial charge in [-0.15, -0.1) is 0 Å². The van der Waals surface area contributed by atoms with Gasteiger partial charge in [0.05, 0.1) is 5.52 Å². The average Bonchev–Trinajstić information content (AvgIpc) is 2.26. The van der Waals surface area contributed by atoms with Crippen molar-refractivity contribution in [1.29, 1.82) is 0 Å². The molecule has 3 heteroatoms. The second kappa shape index (κ2) is 4.09. The monoisotopic (exact) mass is 199 g/mol. The normalized spacial score (nSPS) is 10.2. The molecule has 0 bridgehead atoms. The number of fused-ring (bicyclic) bond motifs is 1. The number of hydrogen-bond donors (Lipinski definition) is 1. The Labute approximate surface area is 88.9 Å². The molecule has 1 aromatic carbocycles. The van der Waals surface area contributed by atoms with Gasteiger partial charge in [0.2, 0.25) is 0 Å². The summed E-state index contributed by atoms with van der Waals surface area (Å²) in [5.41, 5.74) is 2.04. The van der Waals surface area contributed by atoms with Crippen molar-refractivity contribution in [2.75, 3.05) is 11.9 Å². The fourth-order valence-corrected chi connectivity index (χ4v) is 1.38. The van der Waals surface area contributed by atoms with Crippen LogP contribution in [0.25, 0.3) is 10.9 Å². The van der Waals surface area contributed by atoms with Crippen molar-refractivity contribution in [1.82, 2.24) is 9.97 Å². The summed E-state index contributed by atoms with van der Waals surface area (Å²) in [4.78, 5) is 8.41. The van der Waals surface area contributed by atoms with Crippen LogP contribution in [0.3, 0.4) is 0 Å². The zero-order valence-electron chi connectivity index (χ0n) is 8.70. The lowest BCUT2D eigenvalue weighted by atomic mass is 10.2. The fourth-order valence-electron chi connectivity index (χ4n) is 1.38. The van der Waals surface area contributed by atoms with Crippen LogP contribution in [0.1, 0.15) is 6.92 Å². The van der Waals surface area contributed by atoms with Crippen LogP contribution in [0, 0.1) is 0 Å². The number of para-hydroxylation sites is 1. The van der Waals surface area contributed by atoms with Gasteiger partial charge in [0.1, 0.15) is 12.1 Å². The summed E-state index contributed by atoms with van der Waals surface area (Å²) in [5.74, 6) is 0.864. The van der Waals surface area contributed by atoms with E-state index in [0.717, 1.165) is 28.8 Å². The number of nitrogens with zero attached hydrogens (tertiary/aromatic N) is 2. The maximum atomic E-state index is 4.22. The first-order chi connectivity index (χ1) is 7.27. The second-order valence-corrected chi connectivity index (χ2v) is 3.55. The van der Waals surface area contributed by atoms with Crippen LogP contribution in [0.5, 0.6) is 0 Å². The molecule has 0 spiro atoms. The van der Waals surface area contributed by atoms with Crippen LogP contribution in [0.4, 0.5) is 5.82 Å². The molecule has 0 aliphatic rings. The minimum atomic E-state index is 0.737. The summed E-state index contributed by atoms with van der Waals surface area (Å²) >= 11 is 0. The molecule has 1 heterocycles. The summed E-state index contributed by atoms with van der Waals surface area (Å²) in [7, 11) is 0. The standard InChI is InChI=1S/C12H13N3/c1-9(2)7-13-12-10-5-3-4-6-11(10)14-8-15-12/h3-6,8H,1,7H2,2H3,(H,13,14,15). The predicted octanol–water partition coefficient (Wildman–Crippen LogP) is 2.62. The highest BCUT2D eigenvalue weighted by molar-refractivity contribution is 5.88. The summed E-state index contributed by atoms with van der Waals surface area (Å²) in [6.45, 7) is 6.56. The van der Waals surface area contributed by atoms with Crippen LogP contribution in [-0.4, -0.2) is 16.5 Å². The summed E-state index contributed by atoms with van der Waals surface area (Å²) in [5, 5.41) is 4.28. The first kappa shape index (κ1) is 9.65. The van der Waals surface area contributed by atoms with E-state index in [1.54, 1.807) is 6.33 Å². The number of aromatic nitrogens is 2. The minimum absolute atomic E-state index is 0.737. The quantitative estimate of drug-likeness (QED) is 0.772. The van der Waals surface area contributed by atoms with E-state index < -0.39 is 0 Å². The smallest absolute Gasteiger partial charge is 0.137 e. The molecule has 15 heavy (non-hydrogen) atoms. The Kier molecular flexibility index (Phi) is 2.63. The van der Waals surface area contributed by atoms with Crippen LogP contribution in [0.2, 0.25) is 0 Å². The topological polar surface area (TPSA) is 37.8 Å². The lowest BCUT2D eigenvalue weighted by Gasteiger charge is -2.07. The molecule has 1 N–H and O–H groups in total. The van der Waals surface area contributed by atoms with E-state index in [4.69, 9.17) is 0 Å². The summed E-state index contributed by atoms with van der Waals surface area (Å²) < 4.78 is 0. The molecule has 3 nitrogen and oxygen atoms in total. The third kappa shape index (κ3) is 2.13. The predicted molar refractivity (Wildman–Crippen MR) is 62.8 cm³/mol. The first-order valence-electron chi connectivity index (χ1n) is 4.85. The molecule has 0 saturated heterocycles. The van der Waals surface area contributed by atoms with Crippen LogP contribution < -0.4 is 5.32 Å². The van der Waals surface area contributed by atoms with Gasteiger partial charge in [-0.05, 0) is 19.1 Å². The van der Waals surface area contributed by atoms with Gasteiger partial charge < -0.3 is 5.32 Å². The molecule has 0 saturated carbocycles. The molecule has 0 fully saturated rings. The second-order valence-electron chi connectivity index (χ2n) is 3.55. The maximum absolute atomic E-state index is 4.22. The van der Waals surface area contributed by atoms with E-state index in [-0.39, 0.29) is 0 Å². The Bertz CT molecular complexity index is 486. The minimum Gasteiger partial charge on any atom is -0.366 e. The average molecular weight is 199 g/mol. The number of rotatable bonds is 3. The summed E-state index contributed by atoms with van der Waals surface area (Å²) in [6, 6.07) is 7.94. The molecule has 0 amide bonds. The van der Waals surface area contributed by atoms with Crippen molar-refractivity contribution in [3.63, 3.8) is 0 Å². The largest absolute Gasteiger partial charge is 0.366 e. The van der Waals surface area contributed by atoms with Crippen molar-refractivity contribution in [2.45, 2.75) is 6.92 Å². The summed E-state index contributed by atoms with van der Waals surface area (Å²) in [6.07, 6.45) is 1.57.